The fraction of sp³-hybridized carbons (Fsp3) is 0.0435. The van der Waals surface area contributed by atoms with Crippen molar-refractivity contribution in [3.8, 4) is 5.69 Å². The van der Waals surface area contributed by atoms with Crippen LogP contribution in [0.2, 0.25) is 15.1 Å². The summed E-state index contributed by atoms with van der Waals surface area (Å²) in [5.41, 5.74) is 3.43. The van der Waals surface area contributed by atoms with E-state index in [1.165, 1.54) is 11.8 Å². The van der Waals surface area contributed by atoms with Crippen LogP contribution in [0.25, 0.3) is 27.6 Å². The van der Waals surface area contributed by atoms with E-state index in [-0.39, 0.29) is 5.56 Å². The highest BCUT2D eigenvalue weighted by Crippen LogP contribution is 2.30. The van der Waals surface area contributed by atoms with E-state index in [0.29, 0.717) is 42.7 Å². The first-order valence-corrected chi connectivity index (χ1v) is 11.5. The van der Waals surface area contributed by atoms with Gasteiger partial charge in [-0.25, -0.2) is 4.98 Å². The third-order valence-corrected chi connectivity index (χ3v) is 6.90. The molecule has 4 nitrogen and oxygen atoms in total. The minimum Gasteiger partial charge on any atom is -0.349 e. The van der Waals surface area contributed by atoms with Gasteiger partial charge < -0.3 is 4.98 Å². The number of nitrogens with zero attached hydrogens (tertiary/aromatic N) is 2. The quantitative estimate of drug-likeness (QED) is 0.217. The molecule has 0 spiro atoms. The molecule has 0 amide bonds. The number of para-hydroxylation sites is 1. The van der Waals surface area contributed by atoms with Gasteiger partial charge in [0.25, 0.3) is 5.56 Å². The van der Waals surface area contributed by atoms with Gasteiger partial charge in [-0.3, -0.25) is 9.36 Å². The molecule has 0 unspecified atom stereocenters. The van der Waals surface area contributed by atoms with Crippen LogP contribution in [0.3, 0.4) is 0 Å². The molecule has 0 aliphatic carbocycles. The molecular formula is C23H14Cl3N3OS. The van der Waals surface area contributed by atoms with Gasteiger partial charge in [0.05, 0.1) is 15.7 Å². The summed E-state index contributed by atoms with van der Waals surface area (Å²) in [4.78, 5) is 21.6. The van der Waals surface area contributed by atoms with E-state index in [9.17, 15) is 4.79 Å². The summed E-state index contributed by atoms with van der Waals surface area (Å²) in [6, 6.07) is 20.4. The van der Waals surface area contributed by atoms with Crippen LogP contribution in [-0.4, -0.2) is 14.5 Å². The van der Waals surface area contributed by atoms with E-state index >= 15 is 0 Å². The normalized spacial score (nSPS) is 11.5. The standard InChI is InChI=1S/C23H14Cl3N3OS/c24-14-4-3-5-15(11-14)29-22(30)21-20(16-6-1-2-7-19(16)27-21)28-23(29)31-12-13-8-9-17(25)18(26)10-13/h1-11,27H,12H2. The van der Waals surface area contributed by atoms with Crippen LogP contribution in [-0.2, 0) is 5.75 Å². The third-order valence-electron chi connectivity index (χ3n) is 4.91. The number of hydrogen-bond donors (Lipinski definition) is 1. The van der Waals surface area contributed by atoms with Crippen LogP contribution in [0.1, 0.15) is 5.56 Å². The molecule has 0 radical (unpaired) electrons. The van der Waals surface area contributed by atoms with Crippen molar-refractivity contribution in [2.45, 2.75) is 10.9 Å². The van der Waals surface area contributed by atoms with Crippen LogP contribution < -0.4 is 5.56 Å². The molecule has 0 saturated heterocycles. The van der Waals surface area contributed by atoms with Gasteiger partial charge in [0.1, 0.15) is 11.0 Å². The van der Waals surface area contributed by atoms with E-state index in [1.807, 2.05) is 48.5 Å². The lowest BCUT2D eigenvalue weighted by Gasteiger charge is -2.12. The highest BCUT2D eigenvalue weighted by Gasteiger charge is 2.17. The first kappa shape index (κ1) is 20.5. The summed E-state index contributed by atoms with van der Waals surface area (Å²) >= 11 is 19.9. The molecule has 8 heteroatoms. The zero-order valence-electron chi connectivity index (χ0n) is 15.9. The minimum atomic E-state index is -0.180. The minimum absolute atomic E-state index is 0.180. The Kier molecular flexibility index (Phi) is 5.44. The molecule has 2 heterocycles. The Morgan fingerprint density at radius 2 is 1.77 bits per heavy atom. The summed E-state index contributed by atoms with van der Waals surface area (Å²) in [7, 11) is 0. The Hall–Kier alpha value is -2.44. The van der Waals surface area contributed by atoms with E-state index in [0.717, 1.165) is 16.5 Å². The second-order valence-corrected chi connectivity index (χ2v) is 9.14. The third kappa shape index (κ3) is 3.83. The Labute approximate surface area is 196 Å². The van der Waals surface area contributed by atoms with E-state index in [1.54, 1.807) is 22.8 Å². The second-order valence-electron chi connectivity index (χ2n) is 6.95. The van der Waals surface area contributed by atoms with Gasteiger partial charge in [-0.1, -0.05) is 76.9 Å². The van der Waals surface area contributed by atoms with Crippen LogP contribution in [0.4, 0.5) is 0 Å². The van der Waals surface area contributed by atoms with Gasteiger partial charge in [0, 0.05) is 21.7 Å². The predicted octanol–water partition coefficient (Wildman–Crippen LogP) is 7.12. The Morgan fingerprint density at radius 3 is 2.58 bits per heavy atom. The van der Waals surface area contributed by atoms with Gasteiger partial charge in [0.15, 0.2) is 5.16 Å². The molecule has 3 aromatic carbocycles. The molecule has 0 bridgehead atoms. The molecule has 0 aliphatic rings. The first-order valence-electron chi connectivity index (χ1n) is 9.37. The molecule has 31 heavy (non-hydrogen) atoms. The van der Waals surface area contributed by atoms with Gasteiger partial charge >= 0.3 is 0 Å². The average Bonchev–Trinajstić information content (AvgIpc) is 3.14. The topological polar surface area (TPSA) is 50.7 Å². The first-order chi connectivity index (χ1) is 15.0. The second kappa shape index (κ2) is 8.24. The van der Waals surface area contributed by atoms with E-state index < -0.39 is 0 Å². The van der Waals surface area contributed by atoms with Crippen molar-refractivity contribution in [3.63, 3.8) is 0 Å². The number of thioether (sulfide) groups is 1. The van der Waals surface area contributed by atoms with Crippen molar-refractivity contribution in [1.29, 1.82) is 0 Å². The lowest BCUT2D eigenvalue weighted by atomic mass is 10.2. The van der Waals surface area contributed by atoms with E-state index in [4.69, 9.17) is 39.8 Å². The molecule has 5 rings (SSSR count). The maximum atomic E-state index is 13.5. The molecule has 0 atom stereocenters. The SMILES string of the molecule is O=c1c2[nH]c3ccccc3c2nc(SCc2ccc(Cl)c(Cl)c2)n1-c1cccc(Cl)c1. The van der Waals surface area contributed by atoms with Crippen molar-refractivity contribution in [2.24, 2.45) is 0 Å². The Morgan fingerprint density at radius 1 is 0.935 bits per heavy atom. The summed E-state index contributed by atoms with van der Waals surface area (Å²) in [5.74, 6) is 0.567. The van der Waals surface area contributed by atoms with Gasteiger partial charge in [-0.05, 0) is 42.0 Å². The molecule has 2 aromatic heterocycles. The summed E-state index contributed by atoms with van der Waals surface area (Å²) < 4.78 is 1.59. The highest BCUT2D eigenvalue weighted by atomic mass is 35.5. The fourth-order valence-corrected chi connectivity index (χ4v) is 4.91. The van der Waals surface area contributed by atoms with Crippen LogP contribution in [0.5, 0.6) is 0 Å². The lowest BCUT2D eigenvalue weighted by Crippen LogP contribution is -2.21. The summed E-state index contributed by atoms with van der Waals surface area (Å²) in [6.07, 6.45) is 0. The maximum Gasteiger partial charge on any atom is 0.283 e. The zero-order valence-corrected chi connectivity index (χ0v) is 19.0. The molecule has 0 saturated carbocycles. The summed E-state index contributed by atoms with van der Waals surface area (Å²) in [5, 5.41) is 3.01. The average molecular weight is 487 g/mol. The van der Waals surface area contributed by atoms with E-state index in [2.05, 4.69) is 4.98 Å². The number of halogens is 3. The molecule has 1 N–H and O–H groups in total. The number of fused-ring (bicyclic) bond motifs is 3. The molecule has 5 aromatic rings. The Bertz CT molecular complexity index is 1510. The number of aromatic amines is 1. The smallest absolute Gasteiger partial charge is 0.283 e. The molecule has 154 valence electrons. The van der Waals surface area contributed by atoms with Crippen LogP contribution >= 0.6 is 46.6 Å². The summed E-state index contributed by atoms with van der Waals surface area (Å²) in [6.45, 7) is 0. The number of H-pyrrole nitrogens is 1. The maximum absolute atomic E-state index is 13.5. The monoisotopic (exact) mass is 485 g/mol. The zero-order chi connectivity index (χ0) is 21.5. The Balaban J connectivity index is 1.70. The fourth-order valence-electron chi connectivity index (χ4n) is 3.46. The largest absolute Gasteiger partial charge is 0.349 e. The number of hydrogen-bond acceptors (Lipinski definition) is 3. The number of rotatable bonds is 4. The predicted molar refractivity (Wildman–Crippen MR) is 130 cm³/mol. The van der Waals surface area contributed by atoms with Crippen LogP contribution in [0, 0.1) is 0 Å². The number of benzene rings is 3. The molecule has 0 fully saturated rings. The van der Waals surface area contributed by atoms with Gasteiger partial charge in [-0.2, -0.15) is 0 Å². The van der Waals surface area contributed by atoms with Crippen molar-refractivity contribution >= 4 is 68.5 Å². The molecule has 0 aliphatic heterocycles. The van der Waals surface area contributed by atoms with Gasteiger partial charge in [0.2, 0.25) is 0 Å². The van der Waals surface area contributed by atoms with Crippen molar-refractivity contribution in [2.75, 3.05) is 0 Å². The lowest BCUT2D eigenvalue weighted by molar-refractivity contribution is 0.819. The highest BCUT2D eigenvalue weighted by molar-refractivity contribution is 7.98. The molecular weight excluding hydrogens is 473 g/mol. The van der Waals surface area contributed by atoms with Gasteiger partial charge in [-0.15, -0.1) is 0 Å². The number of nitrogens with one attached hydrogen (secondary N) is 1. The van der Waals surface area contributed by atoms with Crippen molar-refractivity contribution in [1.82, 2.24) is 14.5 Å². The number of aromatic nitrogens is 3. The van der Waals surface area contributed by atoms with Crippen LogP contribution in [0.15, 0.2) is 76.7 Å². The van der Waals surface area contributed by atoms with Crippen molar-refractivity contribution < 1.29 is 0 Å². The van der Waals surface area contributed by atoms with Crippen molar-refractivity contribution in [3.05, 3.63) is 97.7 Å².